The van der Waals surface area contributed by atoms with Crippen LogP contribution in [0.4, 0.5) is 0 Å². The Balaban J connectivity index is 2.36. The zero-order chi connectivity index (χ0) is 11.8. The molecule has 0 bridgehead atoms. The van der Waals surface area contributed by atoms with Gasteiger partial charge in [-0.3, -0.25) is 4.79 Å². The summed E-state index contributed by atoms with van der Waals surface area (Å²) in [4.78, 5) is 14.4. The molecule has 0 aliphatic rings. The maximum absolute atomic E-state index is 11.7. The van der Waals surface area contributed by atoms with E-state index < -0.39 is 0 Å². The lowest BCUT2D eigenvalue weighted by Gasteiger charge is -2.20. The molecular formula is C11H17NO3S. The number of hydrogen-bond donors (Lipinski definition) is 2. The summed E-state index contributed by atoms with van der Waals surface area (Å²) < 4.78 is 0. The monoisotopic (exact) mass is 243 g/mol. The van der Waals surface area contributed by atoms with E-state index in [1.54, 1.807) is 11.3 Å². The molecule has 0 aliphatic heterocycles. The summed E-state index contributed by atoms with van der Waals surface area (Å²) in [5, 5.41) is 19.6. The molecule has 1 amide bonds. The molecular weight excluding hydrogens is 226 g/mol. The summed E-state index contributed by atoms with van der Waals surface area (Å²) in [6, 6.07) is 3.96. The minimum atomic E-state index is -0.0647. The predicted molar refractivity (Wildman–Crippen MR) is 63.4 cm³/mol. The number of carbonyl (C=O) groups excluding carboxylic acids is 1. The summed E-state index contributed by atoms with van der Waals surface area (Å²) in [6.45, 7) is 0.461. The van der Waals surface area contributed by atoms with Crippen LogP contribution in [0.3, 0.4) is 0 Å². The first-order valence-electron chi connectivity index (χ1n) is 5.29. The first-order valence-corrected chi connectivity index (χ1v) is 6.17. The van der Waals surface area contributed by atoms with Crippen LogP contribution in [0.2, 0.25) is 0 Å². The van der Waals surface area contributed by atoms with E-state index in [-0.39, 0.29) is 19.1 Å². The minimum Gasteiger partial charge on any atom is -0.395 e. The van der Waals surface area contributed by atoms with Crippen molar-refractivity contribution in [2.24, 2.45) is 0 Å². The maximum Gasteiger partial charge on any atom is 0.223 e. The quantitative estimate of drug-likeness (QED) is 0.733. The van der Waals surface area contributed by atoms with Gasteiger partial charge in [-0.15, -0.1) is 11.3 Å². The first-order chi connectivity index (χ1) is 7.77. The van der Waals surface area contributed by atoms with Gasteiger partial charge in [0.15, 0.2) is 0 Å². The van der Waals surface area contributed by atoms with Gasteiger partial charge in [-0.1, -0.05) is 6.07 Å². The van der Waals surface area contributed by atoms with Crippen LogP contribution < -0.4 is 0 Å². The fraction of sp³-hybridized carbons (Fsp3) is 0.545. The Bertz CT molecular complexity index is 294. The fourth-order valence-corrected chi connectivity index (χ4v) is 2.15. The summed E-state index contributed by atoms with van der Waals surface area (Å²) in [7, 11) is 0. The molecule has 16 heavy (non-hydrogen) atoms. The number of aryl methyl sites for hydroxylation is 1. The Morgan fingerprint density at radius 3 is 2.50 bits per heavy atom. The maximum atomic E-state index is 11.7. The minimum absolute atomic E-state index is 0.0171. The third-order valence-electron chi connectivity index (χ3n) is 2.26. The van der Waals surface area contributed by atoms with Gasteiger partial charge >= 0.3 is 0 Å². The second-order valence-electron chi connectivity index (χ2n) is 3.41. The van der Waals surface area contributed by atoms with E-state index in [2.05, 4.69) is 0 Å². The van der Waals surface area contributed by atoms with E-state index in [9.17, 15) is 4.79 Å². The van der Waals surface area contributed by atoms with Crippen LogP contribution in [0, 0.1) is 0 Å². The fourth-order valence-electron chi connectivity index (χ4n) is 1.45. The average Bonchev–Trinajstić information content (AvgIpc) is 2.78. The molecule has 0 aromatic carbocycles. The highest BCUT2D eigenvalue weighted by Gasteiger charge is 2.12. The lowest BCUT2D eigenvalue weighted by molar-refractivity contribution is -0.132. The van der Waals surface area contributed by atoms with Gasteiger partial charge in [0, 0.05) is 24.4 Å². The Morgan fingerprint density at radius 2 is 2.00 bits per heavy atom. The van der Waals surface area contributed by atoms with E-state index in [1.165, 1.54) is 9.78 Å². The van der Waals surface area contributed by atoms with E-state index in [0.29, 0.717) is 19.5 Å². The largest absolute Gasteiger partial charge is 0.395 e. The summed E-state index contributed by atoms with van der Waals surface area (Å²) >= 11 is 1.63. The Labute approximate surface area is 99.1 Å². The third kappa shape index (κ3) is 4.30. The molecule has 0 fully saturated rings. The summed E-state index contributed by atoms with van der Waals surface area (Å²) in [5.74, 6) is -0.0171. The van der Waals surface area contributed by atoms with Crippen molar-refractivity contribution in [3.63, 3.8) is 0 Å². The van der Waals surface area contributed by atoms with Crippen LogP contribution in [0.15, 0.2) is 17.5 Å². The molecule has 90 valence electrons. The number of hydrogen-bond acceptors (Lipinski definition) is 4. The lowest BCUT2D eigenvalue weighted by Crippen LogP contribution is -2.35. The highest BCUT2D eigenvalue weighted by molar-refractivity contribution is 7.09. The van der Waals surface area contributed by atoms with Crippen molar-refractivity contribution in [1.29, 1.82) is 0 Å². The molecule has 1 rings (SSSR count). The Morgan fingerprint density at radius 1 is 1.31 bits per heavy atom. The SMILES string of the molecule is O=C(CCc1cccs1)N(CCO)CCO. The predicted octanol–water partition coefficient (Wildman–Crippen LogP) is 0.494. The summed E-state index contributed by atoms with van der Waals surface area (Å²) in [5.41, 5.74) is 0. The molecule has 5 heteroatoms. The van der Waals surface area contributed by atoms with Gasteiger partial charge < -0.3 is 15.1 Å². The van der Waals surface area contributed by atoms with Crippen molar-refractivity contribution in [2.45, 2.75) is 12.8 Å². The van der Waals surface area contributed by atoms with E-state index in [0.717, 1.165) is 6.42 Å². The second-order valence-corrected chi connectivity index (χ2v) is 4.44. The van der Waals surface area contributed by atoms with Crippen LogP contribution in [-0.2, 0) is 11.2 Å². The van der Waals surface area contributed by atoms with Crippen LogP contribution in [0.25, 0.3) is 0 Å². The van der Waals surface area contributed by atoms with Gasteiger partial charge in [0.05, 0.1) is 13.2 Å². The first kappa shape index (κ1) is 13.2. The van der Waals surface area contributed by atoms with Gasteiger partial charge in [0.1, 0.15) is 0 Å². The number of carbonyl (C=O) groups is 1. The highest BCUT2D eigenvalue weighted by atomic mass is 32.1. The summed E-state index contributed by atoms with van der Waals surface area (Å²) in [6.07, 6.45) is 1.16. The van der Waals surface area contributed by atoms with Crippen LogP contribution in [-0.4, -0.2) is 47.3 Å². The smallest absolute Gasteiger partial charge is 0.223 e. The molecule has 0 saturated carbocycles. The van der Waals surface area contributed by atoms with Gasteiger partial charge in [-0.25, -0.2) is 0 Å². The van der Waals surface area contributed by atoms with Crippen molar-refractivity contribution >= 4 is 17.2 Å². The zero-order valence-electron chi connectivity index (χ0n) is 9.13. The number of rotatable bonds is 7. The number of nitrogens with zero attached hydrogens (tertiary/aromatic N) is 1. The topological polar surface area (TPSA) is 60.8 Å². The molecule has 4 nitrogen and oxygen atoms in total. The zero-order valence-corrected chi connectivity index (χ0v) is 9.95. The molecule has 0 spiro atoms. The molecule has 2 N–H and O–H groups in total. The molecule has 1 aromatic rings. The molecule has 0 atom stereocenters. The molecule has 0 unspecified atom stereocenters. The van der Waals surface area contributed by atoms with Crippen molar-refractivity contribution in [3.05, 3.63) is 22.4 Å². The standard InChI is InChI=1S/C11H17NO3S/c13-7-5-12(6-8-14)11(15)4-3-10-2-1-9-16-10/h1-2,9,13-14H,3-8H2. The number of aliphatic hydroxyl groups excluding tert-OH is 2. The van der Waals surface area contributed by atoms with Crippen LogP contribution in [0.1, 0.15) is 11.3 Å². The van der Waals surface area contributed by atoms with E-state index in [1.807, 2.05) is 17.5 Å². The van der Waals surface area contributed by atoms with Crippen LogP contribution >= 0.6 is 11.3 Å². The Hall–Kier alpha value is -0.910. The Kier molecular flexibility index (Phi) is 6.07. The van der Waals surface area contributed by atoms with Crippen molar-refractivity contribution < 1.29 is 15.0 Å². The third-order valence-corrected chi connectivity index (χ3v) is 3.19. The van der Waals surface area contributed by atoms with E-state index >= 15 is 0 Å². The second kappa shape index (κ2) is 7.38. The van der Waals surface area contributed by atoms with Crippen LogP contribution in [0.5, 0.6) is 0 Å². The lowest BCUT2D eigenvalue weighted by atomic mass is 10.2. The average molecular weight is 243 g/mol. The normalized spacial score (nSPS) is 10.4. The van der Waals surface area contributed by atoms with Gasteiger partial charge in [-0.05, 0) is 17.9 Å². The molecule has 1 aromatic heterocycles. The highest BCUT2D eigenvalue weighted by Crippen LogP contribution is 2.11. The number of aliphatic hydroxyl groups is 2. The van der Waals surface area contributed by atoms with Gasteiger partial charge in [0.2, 0.25) is 5.91 Å². The number of amides is 1. The molecule has 1 heterocycles. The van der Waals surface area contributed by atoms with Crippen molar-refractivity contribution in [1.82, 2.24) is 4.90 Å². The van der Waals surface area contributed by atoms with Crippen molar-refractivity contribution in [3.8, 4) is 0 Å². The molecule has 0 aliphatic carbocycles. The van der Waals surface area contributed by atoms with E-state index in [4.69, 9.17) is 10.2 Å². The molecule has 0 radical (unpaired) electrons. The van der Waals surface area contributed by atoms with Gasteiger partial charge in [0.25, 0.3) is 0 Å². The van der Waals surface area contributed by atoms with Gasteiger partial charge in [-0.2, -0.15) is 0 Å². The number of thiophene rings is 1. The molecule has 0 saturated heterocycles. The van der Waals surface area contributed by atoms with Crippen molar-refractivity contribution in [2.75, 3.05) is 26.3 Å².